The summed E-state index contributed by atoms with van der Waals surface area (Å²) in [5, 5.41) is 9.03. The molecule has 0 radical (unpaired) electrons. The van der Waals surface area contributed by atoms with Crippen molar-refractivity contribution in [3.8, 4) is 0 Å². The number of methoxy groups -OCH3 is 1. The smallest absolute Gasteiger partial charge is 0.408 e. The molecule has 0 spiro atoms. The Morgan fingerprint density at radius 1 is 1.50 bits per heavy atom. The molecule has 1 aromatic heterocycles. The molecular weight excluding hydrogens is 305 g/mol. The Labute approximate surface area is 123 Å². The summed E-state index contributed by atoms with van der Waals surface area (Å²) in [4.78, 5) is 24.0. The van der Waals surface area contributed by atoms with Gasteiger partial charge in [-0.2, -0.15) is 18.3 Å². The second-order valence-corrected chi connectivity index (χ2v) is 4.97. The number of hydrogen-bond donors (Lipinski definition) is 2. The molecule has 0 bridgehead atoms. The average molecular weight is 318 g/mol. The Bertz CT molecular complexity index is 590. The lowest BCUT2D eigenvalue weighted by Gasteiger charge is -2.22. The van der Waals surface area contributed by atoms with Gasteiger partial charge in [-0.25, -0.2) is 0 Å². The first-order valence-electron chi connectivity index (χ1n) is 6.23. The summed E-state index contributed by atoms with van der Waals surface area (Å²) in [5.41, 5.74) is 3.54. The van der Waals surface area contributed by atoms with Crippen LogP contribution in [0.3, 0.4) is 0 Å². The van der Waals surface area contributed by atoms with Crippen molar-refractivity contribution in [2.75, 3.05) is 12.8 Å². The van der Waals surface area contributed by atoms with Crippen LogP contribution >= 0.6 is 0 Å². The van der Waals surface area contributed by atoms with Crippen LogP contribution in [0.25, 0.3) is 0 Å². The SMILES string of the molecule is COC(=O)C1(Cc2ccc(N)nn2)C[C@@H](C(F)(F)F)NC1=O. The van der Waals surface area contributed by atoms with Crippen molar-refractivity contribution >= 4 is 17.7 Å². The van der Waals surface area contributed by atoms with Crippen molar-refractivity contribution in [3.63, 3.8) is 0 Å². The second kappa shape index (κ2) is 5.43. The van der Waals surface area contributed by atoms with Gasteiger partial charge in [0.15, 0.2) is 5.41 Å². The molecule has 2 heterocycles. The van der Waals surface area contributed by atoms with E-state index < -0.39 is 35.9 Å². The van der Waals surface area contributed by atoms with E-state index in [2.05, 4.69) is 14.9 Å². The largest absolute Gasteiger partial charge is 0.468 e. The number of nitrogens with two attached hydrogens (primary N) is 1. The third-order valence-corrected chi connectivity index (χ3v) is 3.49. The Morgan fingerprint density at radius 3 is 2.64 bits per heavy atom. The maximum absolute atomic E-state index is 12.8. The van der Waals surface area contributed by atoms with Gasteiger partial charge in [0, 0.05) is 12.8 Å². The molecule has 1 aromatic rings. The highest BCUT2D eigenvalue weighted by atomic mass is 19.4. The van der Waals surface area contributed by atoms with Crippen molar-refractivity contribution in [2.24, 2.45) is 5.41 Å². The maximum atomic E-state index is 12.8. The Kier molecular flexibility index (Phi) is 3.94. The predicted octanol–water partition coefficient (Wildman–Crippen LogP) is 0.211. The highest BCUT2D eigenvalue weighted by Crippen LogP contribution is 2.40. The highest BCUT2D eigenvalue weighted by Gasteiger charge is 2.60. The van der Waals surface area contributed by atoms with Crippen LogP contribution in [0.15, 0.2) is 12.1 Å². The lowest BCUT2D eigenvalue weighted by Crippen LogP contribution is -2.42. The third-order valence-electron chi connectivity index (χ3n) is 3.49. The van der Waals surface area contributed by atoms with E-state index in [4.69, 9.17) is 5.73 Å². The fourth-order valence-corrected chi connectivity index (χ4v) is 2.36. The number of nitrogens with one attached hydrogen (secondary N) is 1. The average Bonchev–Trinajstić information content (AvgIpc) is 2.79. The van der Waals surface area contributed by atoms with E-state index in [1.54, 1.807) is 5.32 Å². The molecule has 1 saturated heterocycles. The van der Waals surface area contributed by atoms with Crippen LogP contribution in [-0.4, -0.2) is 41.4 Å². The molecule has 0 aliphatic carbocycles. The minimum absolute atomic E-state index is 0.111. The van der Waals surface area contributed by atoms with E-state index in [0.29, 0.717) is 0 Å². The van der Waals surface area contributed by atoms with Crippen molar-refractivity contribution in [1.82, 2.24) is 15.5 Å². The van der Waals surface area contributed by atoms with Gasteiger partial charge >= 0.3 is 12.1 Å². The monoisotopic (exact) mass is 318 g/mol. The van der Waals surface area contributed by atoms with Crippen LogP contribution in [-0.2, 0) is 20.7 Å². The van der Waals surface area contributed by atoms with Crippen molar-refractivity contribution in [2.45, 2.75) is 25.1 Å². The molecule has 2 atom stereocenters. The number of halogens is 3. The van der Waals surface area contributed by atoms with Crippen LogP contribution in [0, 0.1) is 5.41 Å². The van der Waals surface area contributed by atoms with Gasteiger partial charge in [-0.1, -0.05) is 0 Å². The van der Waals surface area contributed by atoms with Crippen molar-refractivity contribution in [1.29, 1.82) is 0 Å². The molecule has 1 aliphatic rings. The van der Waals surface area contributed by atoms with Gasteiger partial charge in [0.1, 0.15) is 11.9 Å². The number of esters is 1. The fraction of sp³-hybridized carbons (Fsp3) is 0.500. The first-order valence-corrected chi connectivity index (χ1v) is 6.23. The zero-order chi connectivity index (χ0) is 16.5. The molecule has 1 fully saturated rings. The van der Waals surface area contributed by atoms with E-state index in [0.717, 1.165) is 7.11 Å². The minimum atomic E-state index is -4.65. The second-order valence-electron chi connectivity index (χ2n) is 4.97. The molecule has 7 nitrogen and oxygen atoms in total. The van der Waals surface area contributed by atoms with E-state index in [1.807, 2.05) is 0 Å². The number of nitrogen functional groups attached to an aromatic ring is 1. The number of aromatic nitrogens is 2. The summed E-state index contributed by atoms with van der Waals surface area (Å²) in [7, 11) is 1.01. The molecule has 22 heavy (non-hydrogen) atoms. The molecule has 120 valence electrons. The van der Waals surface area contributed by atoms with Gasteiger partial charge in [-0.3, -0.25) is 9.59 Å². The maximum Gasteiger partial charge on any atom is 0.408 e. The van der Waals surface area contributed by atoms with Crippen LogP contribution in [0.2, 0.25) is 0 Å². The number of carbonyl (C=O) groups excluding carboxylic acids is 2. The molecule has 3 N–H and O–H groups in total. The predicted molar refractivity (Wildman–Crippen MR) is 67.2 cm³/mol. The van der Waals surface area contributed by atoms with Gasteiger partial charge in [-0.15, -0.1) is 5.10 Å². The topological polar surface area (TPSA) is 107 Å². The molecule has 10 heteroatoms. The molecule has 0 aromatic carbocycles. The summed E-state index contributed by atoms with van der Waals surface area (Å²) < 4.78 is 43.0. The summed E-state index contributed by atoms with van der Waals surface area (Å²) >= 11 is 0. The van der Waals surface area contributed by atoms with Gasteiger partial charge < -0.3 is 15.8 Å². The van der Waals surface area contributed by atoms with E-state index >= 15 is 0 Å². The zero-order valence-electron chi connectivity index (χ0n) is 11.5. The highest BCUT2D eigenvalue weighted by molar-refractivity contribution is 6.04. The Morgan fingerprint density at radius 2 is 2.18 bits per heavy atom. The summed E-state index contributed by atoms with van der Waals surface area (Å²) in [5.74, 6) is -1.98. The van der Waals surface area contributed by atoms with Crippen molar-refractivity contribution in [3.05, 3.63) is 17.8 Å². The number of anilines is 1. The lowest BCUT2D eigenvalue weighted by atomic mass is 9.80. The van der Waals surface area contributed by atoms with Gasteiger partial charge in [0.05, 0.1) is 12.8 Å². The molecule has 1 unspecified atom stereocenters. The number of nitrogens with zero attached hydrogens (tertiary/aromatic N) is 2. The summed E-state index contributed by atoms with van der Waals surface area (Å²) in [6, 6.07) is 0.656. The number of rotatable bonds is 3. The van der Waals surface area contributed by atoms with E-state index in [1.165, 1.54) is 12.1 Å². The Balaban J connectivity index is 2.35. The van der Waals surface area contributed by atoms with Crippen LogP contribution < -0.4 is 11.1 Å². The number of alkyl halides is 3. The van der Waals surface area contributed by atoms with Gasteiger partial charge in [-0.05, 0) is 12.1 Å². The number of hydrogen-bond acceptors (Lipinski definition) is 6. The lowest BCUT2D eigenvalue weighted by molar-refractivity contribution is -0.160. The van der Waals surface area contributed by atoms with E-state index in [-0.39, 0.29) is 17.9 Å². The quantitative estimate of drug-likeness (QED) is 0.609. The van der Waals surface area contributed by atoms with Crippen LogP contribution in [0.1, 0.15) is 12.1 Å². The molecule has 1 aliphatic heterocycles. The van der Waals surface area contributed by atoms with Crippen LogP contribution in [0.5, 0.6) is 0 Å². The number of ether oxygens (including phenoxy) is 1. The number of carbonyl (C=O) groups is 2. The normalized spacial score (nSPS) is 24.9. The molecule has 1 amide bonds. The third kappa shape index (κ3) is 2.81. The first-order chi connectivity index (χ1) is 10.2. The van der Waals surface area contributed by atoms with Gasteiger partial charge in [0.25, 0.3) is 0 Å². The van der Waals surface area contributed by atoms with Crippen molar-refractivity contribution < 1.29 is 27.5 Å². The van der Waals surface area contributed by atoms with E-state index in [9.17, 15) is 22.8 Å². The molecule has 2 rings (SSSR count). The van der Waals surface area contributed by atoms with Crippen LogP contribution in [0.4, 0.5) is 19.0 Å². The fourth-order valence-electron chi connectivity index (χ4n) is 2.36. The summed E-state index contributed by atoms with van der Waals surface area (Å²) in [6.45, 7) is 0. The first kappa shape index (κ1) is 16.0. The molecule has 0 saturated carbocycles. The zero-order valence-corrected chi connectivity index (χ0v) is 11.5. The standard InChI is InChI=1S/C12H13F3N4O3/c1-22-10(21)11(4-6-2-3-8(16)19-18-6)5-7(12(13,14)15)17-9(11)20/h2-3,7H,4-5H2,1H3,(H2,16,19)(H,17,20)/t7-,11?/m0/s1. The van der Waals surface area contributed by atoms with Gasteiger partial charge in [0.2, 0.25) is 5.91 Å². The number of amides is 1. The Hall–Kier alpha value is -2.39. The molecular formula is C12H13F3N4O3. The minimum Gasteiger partial charge on any atom is -0.468 e. The summed E-state index contributed by atoms with van der Waals surface area (Å²) in [6.07, 6.45) is -5.77.